The summed E-state index contributed by atoms with van der Waals surface area (Å²) in [6, 6.07) is 11.2. The van der Waals surface area contributed by atoms with E-state index in [-0.39, 0.29) is 11.1 Å². The van der Waals surface area contributed by atoms with Crippen molar-refractivity contribution < 1.29 is 17.6 Å². The van der Waals surface area contributed by atoms with Gasteiger partial charge in [0.15, 0.2) is 0 Å². The Hall–Kier alpha value is -3.26. The van der Waals surface area contributed by atoms with Crippen LogP contribution < -0.4 is 9.80 Å². The average Bonchev–Trinajstić information content (AvgIpc) is 2.66. The Kier molecular flexibility index (Phi) is 4.91. The van der Waals surface area contributed by atoms with Crippen LogP contribution in [0.3, 0.4) is 0 Å². The second-order valence-corrected chi connectivity index (χ2v) is 6.06. The molecule has 0 unspecified atom stereocenters. The standard InChI is InChI=1S/C19H14F4N4/c20-16-2-1-3-18(15(16)12-25)27-8-6-26(7-9-27)17-5-4-14(19(21,22)23)10-13(17)11-24/h1-5,10H,6-9H2. The zero-order valence-corrected chi connectivity index (χ0v) is 14.1. The molecule has 0 saturated carbocycles. The lowest BCUT2D eigenvalue weighted by Crippen LogP contribution is -2.47. The van der Waals surface area contributed by atoms with Crippen molar-refractivity contribution in [2.24, 2.45) is 0 Å². The molecule has 1 fully saturated rings. The number of halogens is 4. The third-order valence-electron chi connectivity index (χ3n) is 4.51. The number of nitriles is 2. The largest absolute Gasteiger partial charge is 0.416 e. The van der Waals surface area contributed by atoms with Gasteiger partial charge in [0.2, 0.25) is 0 Å². The first-order chi connectivity index (χ1) is 12.8. The summed E-state index contributed by atoms with van der Waals surface area (Å²) in [4.78, 5) is 3.68. The van der Waals surface area contributed by atoms with Crippen LogP contribution in [-0.4, -0.2) is 26.2 Å². The van der Waals surface area contributed by atoms with Crippen LogP contribution in [0.2, 0.25) is 0 Å². The first-order valence-corrected chi connectivity index (χ1v) is 8.15. The Bertz CT molecular complexity index is 932. The highest BCUT2D eigenvalue weighted by Gasteiger charge is 2.32. The van der Waals surface area contributed by atoms with Gasteiger partial charge in [-0.25, -0.2) is 4.39 Å². The van der Waals surface area contributed by atoms with E-state index in [0.717, 1.165) is 12.1 Å². The maximum absolute atomic E-state index is 13.8. The molecule has 0 aromatic heterocycles. The van der Waals surface area contributed by atoms with Crippen molar-refractivity contribution in [1.29, 1.82) is 10.5 Å². The molecule has 1 aliphatic heterocycles. The van der Waals surface area contributed by atoms with E-state index in [2.05, 4.69) is 0 Å². The third kappa shape index (κ3) is 3.65. The minimum Gasteiger partial charge on any atom is -0.367 e. The summed E-state index contributed by atoms with van der Waals surface area (Å²) in [5.74, 6) is -0.591. The first-order valence-electron chi connectivity index (χ1n) is 8.15. The van der Waals surface area contributed by atoms with Gasteiger partial charge in [0.05, 0.1) is 22.5 Å². The Balaban J connectivity index is 1.80. The molecule has 0 aliphatic carbocycles. The summed E-state index contributed by atoms with van der Waals surface area (Å²) < 4.78 is 52.3. The summed E-state index contributed by atoms with van der Waals surface area (Å²) in [6.45, 7) is 1.76. The third-order valence-corrected chi connectivity index (χ3v) is 4.51. The number of rotatable bonds is 2. The monoisotopic (exact) mass is 374 g/mol. The molecule has 0 N–H and O–H groups in total. The molecule has 0 bridgehead atoms. The average molecular weight is 374 g/mol. The molecule has 0 amide bonds. The minimum atomic E-state index is -4.51. The van der Waals surface area contributed by atoms with Gasteiger partial charge in [0, 0.05) is 26.2 Å². The zero-order valence-electron chi connectivity index (χ0n) is 14.1. The highest BCUT2D eigenvalue weighted by atomic mass is 19.4. The van der Waals surface area contributed by atoms with Crippen molar-refractivity contribution in [3.8, 4) is 12.1 Å². The smallest absolute Gasteiger partial charge is 0.367 e. The maximum Gasteiger partial charge on any atom is 0.416 e. The maximum atomic E-state index is 13.8. The predicted molar refractivity (Wildman–Crippen MR) is 91.7 cm³/mol. The van der Waals surface area contributed by atoms with E-state index in [9.17, 15) is 22.8 Å². The number of benzene rings is 2. The summed E-state index contributed by atoms with van der Waals surface area (Å²) in [5.41, 5.74) is -0.00484. The van der Waals surface area contributed by atoms with E-state index in [0.29, 0.717) is 37.6 Å². The Morgan fingerprint density at radius 1 is 0.852 bits per heavy atom. The van der Waals surface area contributed by atoms with Crippen molar-refractivity contribution in [2.45, 2.75) is 6.18 Å². The number of nitrogens with zero attached hydrogens (tertiary/aromatic N) is 4. The lowest BCUT2D eigenvalue weighted by Gasteiger charge is -2.38. The van der Waals surface area contributed by atoms with Crippen LogP contribution in [-0.2, 0) is 6.18 Å². The lowest BCUT2D eigenvalue weighted by atomic mass is 10.1. The van der Waals surface area contributed by atoms with E-state index < -0.39 is 17.6 Å². The molecule has 27 heavy (non-hydrogen) atoms. The molecule has 1 aliphatic rings. The molecule has 0 spiro atoms. The van der Waals surface area contributed by atoms with Gasteiger partial charge in [0.1, 0.15) is 23.5 Å². The van der Waals surface area contributed by atoms with Crippen LogP contribution >= 0.6 is 0 Å². The Morgan fingerprint density at radius 2 is 1.48 bits per heavy atom. The highest BCUT2D eigenvalue weighted by molar-refractivity contribution is 5.64. The van der Waals surface area contributed by atoms with Crippen molar-refractivity contribution in [3.63, 3.8) is 0 Å². The molecule has 138 valence electrons. The second-order valence-electron chi connectivity index (χ2n) is 6.06. The molecule has 3 rings (SSSR count). The summed E-state index contributed by atoms with van der Waals surface area (Å²) in [6.07, 6.45) is -4.51. The first kappa shape index (κ1) is 18.5. The molecular formula is C19H14F4N4. The van der Waals surface area contributed by atoms with E-state index in [1.807, 2.05) is 21.9 Å². The van der Waals surface area contributed by atoms with Crippen LogP contribution in [0.25, 0.3) is 0 Å². The van der Waals surface area contributed by atoms with Crippen LogP contribution in [0.1, 0.15) is 16.7 Å². The molecule has 1 saturated heterocycles. The number of hydrogen-bond acceptors (Lipinski definition) is 4. The minimum absolute atomic E-state index is 0.0294. The molecule has 2 aromatic rings. The number of anilines is 2. The van der Waals surface area contributed by atoms with Crippen LogP contribution in [0.15, 0.2) is 36.4 Å². The van der Waals surface area contributed by atoms with Crippen molar-refractivity contribution >= 4 is 11.4 Å². The van der Waals surface area contributed by atoms with Crippen LogP contribution in [0.5, 0.6) is 0 Å². The van der Waals surface area contributed by atoms with Gasteiger partial charge in [-0.05, 0) is 30.3 Å². The van der Waals surface area contributed by atoms with E-state index in [1.165, 1.54) is 18.2 Å². The van der Waals surface area contributed by atoms with Gasteiger partial charge in [-0.15, -0.1) is 0 Å². The van der Waals surface area contributed by atoms with Crippen molar-refractivity contribution in [3.05, 3.63) is 58.9 Å². The fourth-order valence-corrected chi connectivity index (χ4v) is 3.15. The van der Waals surface area contributed by atoms with Crippen molar-refractivity contribution in [2.75, 3.05) is 36.0 Å². The molecular weight excluding hydrogens is 360 g/mol. The Morgan fingerprint density at radius 3 is 2.04 bits per heavy atom. The quantitative estimate of drug-likeness (QED) is 0.748. The second kappa shape index (κ2) is 7.16. The predicted octanol–water partition coefficient (Wildman–Crippen LogP) is 3.91. The topological polar surface area (TPSA) is 54.1 Å². The normalized spacial score (nSPS) is 14.6. The Labute approximate surface area is 153 Å². The number of piperazine rings is 1. The zero-order chi connectivity index (χ0) is 19.6. The van der Waals surface area contributed by atoms with E-state index >= 15 is 0 Å². The summed E-state index contributed by atoms with van der Waals surface area (Å²) in [5, 5.41) is 18.4. The lowest BCUT2D eigenvalue weighted by molar-refractivity contribution is -0.137. The molecule has 8 heteroatoms. The summed E-state index contributed by atoms with van der Waals surface area (Å²) >= 11 is 0. The number of alkyl halides is 3. The van der Waals surface area contributed by atoms with Gasteiger partial charge < -0.3 is 9.80 Å². The van der Waals surface area contributed by atoms with Crippen LogP contribution in [0.4, 0.5) is 28.9 Å². The van der Waals surface area contributed by atoms with Gasteiger partial charge in [0.25, 0.3) is 0 Å². The fraction of sp³-hybridized carbons (Fsp3) is 0.263. The fourth-order valence-electron chi connectivity index (χ4n) is 3.15. The molecule has 2 aromatic carbocycles. The van der Waals surface area contributed by atoms with Crippen molar-refractivity contribution in [1.82, 2.24) is 0 Å². The molecule has 0 radical (unpaired) electrons. The molecule has 0 atom stereocenters. The van der Waals surface area contributed by atoms with Gasteiger partial charge in [-0.1, -0.05) is 6.07 Å². The SMILES string of the molecule is N#Cc1cc(C(F)(F)F)ccc1N1CCN(c2cccc(F)c2C#N)CC1. The van der Waals surface area contributed by atoms with Crippen LogP contribution in [0, 0.1) is 28.5 Å². The number of hydrogen-bond donors (Lipinski definition) is 0. The van der Waals surface area contributed by atoms with Gasteiger partial charge in [-0.2, -0.15) is 23.7 Å². The van der Waals surface area contributed by atoms with Gasteiger partial charge >= 0.3 is 6.18 Å². The van der Waals surface area contributed by atoms with Gasteiger partial charge in [-0.3, -0.25) is 0 Å². The summed E-state index contributed by atoms with van der Waals surface area (Å²) in [7, 11) is 0. The highest BCUT2D eigenvalue weighted by Crippen LogP contribution is 2.33. The van der Waals surface area contributed by atoms with E-state index in [1.54, 1.807) is 6.07 Å². The molecule has 1 heterocycles. The van der Waals surface area contributed by atoms with E-state index in [4.69, 9.17) is 5.26 Å². The molecule has 4 nitrogen and oxygen atoms in total.